The summed E-state index contributed by atoms with van der Waals surface area (Å²) in [5.74, 6) is -3.46. The number of phenols is 1. The molecule has 1 heterocycles. The average molecular weight is 452 g/mol. The second kappa shape index (κ2) is 11.4. The number of nitrogens with one attached hydrogen (secondary N) is 2. The Kier molecular flexibility index (Phi) is 8.93. The van der Waals surface area contributed by atoms with Gasteiger partial charge in [-0.05, 0) is 30.5 Å². The highest BCUT2D eigenvalue weighted by Crippen LogP contribution is 2.19. The fraction of sp³-hybridized carbons (Fsp3) is 0.500. The Hall–Kier alpha value is -3.22. The molecule has 1 aromatic rings. The van der Waals surface area contributed by atoms with Gasteiger partial charge in [-0.3, -0.25) is 14.4 Å². The molecular formula is C20H28N4O8. The molecule has 0 spiro atoms. The number of aromatic hydroxyl groups is 1. The molecule has 0 aromatic heterocycles. The third-order valence-electron chi connectivity index (χ3n) is 5.16. The number of nitrogens with zero attached hydrogens (tertiary/aromatic N) is 1. The van der Waals surface area contributed by atoms with Crippen molar-refractivity contribution in [2.24, 2.45) is 5.73 Å². The van der Waals surface area contributed by atoms with Gasteiger partial charge in [-0.1, -0.05) is 12.1 Å². The van der Waals surface area contributed by atoms with Gasteiger partial charge in [-0.2, -0.15) is 0 Å². The molecule has 0 aliphatic carbocycles. The number of aliphatic hydroxyl groups excluding tert-OH is 2. The maximum absolute atomic E-state index is 12.8. The van der Waals surface area contributed by atoms with Crippen LogP contribution in [0.1, 0.15) is 18.4 Å². The van der Waals surface area contributed by atoms with E-state index in [0.717, 1.165) is 0 Å². The largest absolute Gasteiger partial charge is 0.508 e. The summed E-state index contributed by atoms with van der Waals surface area (Å²) in [6.45, 7) is -1.21. The van der Waals surface area contributed by atoms with Crippen LogP contribution in [0.2, 0.25) is 0 Å². The molecule has 12 heteroatoms. The van der Waals surface area contributed by atoms with E-state index in [0.29, 0.717) is 12.0 Å². The Morgan fingerprint density at radius 1 is 1.06 bits per heavy atom. The molecule has 1 aliphatic heterocycles. The maximum atomic E-state index is 12.8. The molecule has 1 fully saturated rings. The first-order valence-corrected chi connectivity index (χ1v) is 10.1. The number of carbonyl (C=O) groups is 4. The van der Waals surface area contributed by atoms with Crippen LogP contribution in [0.25, 0.3) is 0 Å². The molecular weight excluding hydrogens is 424 g/mol. The van der Waals surface area contributed by atoms with Crippen molar-refractivity contribution in [3.63, 3.8) is 0 Å². The fourth-order valence-corrected chi connectivity index (χ4v) is 3.39. The molecule has 1 aromatic carbocycles. The van der Waals surface area contributed by atoms with Crippen molar-refractivity contribution in [3.8, 4) is 5.75 Å². The predicted molar refractivity (Wildman–Crippen MR) is 110 cm³/mol. The van der Waals surface area contributed by atoms with E-state index < -0.39 is 61.1 Å². The van der Waals surface area contributed by atoms with Gasteiger partial charge in [0.1, 0.15) is 29.9 Å². The number of carboxylic acid groups (broad SMARTS) is 1. The topological polar surface area (TPSA) is 203 Å². The summed E-state index contributed by atoms with van der Waals surface area (Å²) in [6.07, 6.45) is 0.726. The van der Waals surface area contributed by atoms with Crippen LogP contribution in [0.4, 0.5) is 0 Å². The normalized spacial score (nSPS) is 18.5. The second-order valence-corrected chi connectivity index (χ2v) is 7.49. The zero-order valence-corrected chi connectivity index (χ0v) is 17.3. The van der Waals surface area contributed by atoms with Crippen LogP contribution in [0, 0.1) is 0 Å². The molecule has 3 amide bonds. The summed E-state index contributed by atoms with van der Waals surface area (Å²) in [6, 6.07) is 1.01. The lowest BCUT2D eigenvalue weighted by Gasteiger charge is -2.29. The third-order valence-corrected chi connectivity index (χ3v) is 5.16. The van der Waals surface area contributed by atoms with E-state index in [1.165, 1.54) is 29.2 Å². The lowest BCUT2D eigenvalue weighted by Crippen LogP contribution is -2.58. The van der Waals surface area contributed by atoms with E-state index in [1.54, 1.807) is 0 Å². The first-order chi connectivity index (χ1) is 15.2. The molecule has 4 atom stereocenters. The number of carbonyl (C=O) groups excluding carboxylic acids is 3. The van der Waals surface area contributed by atoms with E-state index >= 15 is 0 Å². The first kappa shape index (κ1) is 25.0. The Labute approximate surface area is 184 Å². The number of phenolic OH excluding ortho intramolecular Hbond substituents is 1. The van der Waals surface area contributed by atoms with Gasteiger partial charge in [-0.25, -0.2) is 4.79 Å². The van der Waals surface area contributed by atoms with E-state index in [2.05, 4.69) is 10.6 Å². The molecule has 0 saturated carbocycles. The number of hydrogen-bond donors (Lipinski definition) is 7. The molecule has 32 heavy (non-hydrogen) atoms. The van der Waals surface area contributed by atoms with Crippen LogP contribution < -0.4 is 16.4 Å². The third kappa shape index (κ3) is 6.39. The Morgan fingerprint density at radius 3 is 2.28 bits per heavy atom. The van der Waals surface area contributed by atoms with Crippen molar-refractivity contribution in [3.05, 3.63) is 29.8 Å². The Balaban J connectivity index is 2.07. The Morgan fingerprint density at radius 2 is 1.72 bits per heavy atom. The molecule has 0 radical (unpaired) electrons. The Bertz CT molecular complexity index is 831. The SMILES string of the molecule is NC(CO)C(=O)NC(CO)C(=O)N1CCCC1C(=O)NC(Cc1ccc(O)cc1)C(=O)O. The highest BCUT2D eigenvalue weighted by Gasteiger charge is 2.39. The number of amides is 3. The molecule has 12 nitrogen and oxygen atoms in total. The van der Waals surface area contributed by atoms with E-state index in [4.69, 9.17) is 10.8 Å². The van der Waals surface area contributed by atoms with Crippen LogP contribution in [0.3, 0.4) is 0 Å². The van der Waals surface area contributed by atoms with Crippen LogP contribution >= 0.6 is 0 Å². The standard InChI is InChI=1S/C20H28N4O8/c21-13(9-25)17(28)23-15(10-26)19(30)24-7-1-2-16(24)18(29)22-14(20(31)32)8-11-3-5-12(27)6-4-11/h3-6,13-16,25-27H,1-2,7-10,21H2,(H,22,29)(H,23,28)(H,31,32). The fourth-order valence-electron chi connectivity index (χ4n) is 3.39. The average Bonchev–Trinajstić information content (AvgIpc) is 3.27. The number of rotatable bonds is 10. The van der Waals surface area contributed by atoms with Crippen LogP contribution in [-0.2, 0) is 25.6 Å². The van der Waals surface area contributed by atoms with Crippen molar-refractivity contribution in [2.45, 2.75) is 43.4 Å². The first-order valence-electron chi connectivity index (χ1n) is 10.1. The van der Waals surface area contributed by atoms with Gasteiger partial charge in [-0.15, -0.1) is 0 Å². The smallest absolute Gasteiger partial charge is 0.326 e. The number of likely N-dealkylation sites (tertiary alicyclic amines) is 1. The summed E-state index contributed by atoms with van der Waals surface area (Å²) < 4.78 is 0. The second-order valence-electron chi connectivity index (χ2n) is 7.49. The number of aliphatic carboxylic acids is 1. The summed E-state index contributed by atoms with van der Waals surface area (Å²) in [7, 11) is 0. The molecule has 4 unspecified atom stereocenters. The zero-order valence-electron chi connectivity index (χ0n) is 17.3. The van der Waals surface area contributed by atoms with Crippen molar-refractivity contribution in [1.29, 1.82) is 0 Å². The number of aliphatic hydroxyl groups is 2. The van der Waals surface area contributed by atoms with Crippen LogP contribution in [0.5, 0.6) is 5.75 Å². The van der Waals surface area contributed by atoms with Gasteiger partial charge in [0.15, 0.2) is 0 Å². The lowest BCUT2D eigenvalue weighted by atomic mass is 10.0. The molecule has 1 saturated heterocycles. The van der Waals surface area contributed by atoms with Gasteiger partial charge >= 0.3 is 5.97 Å². The van der Waals surface area contributed by atoms with Gasteiger partial charge in [0, 0.05) is 13.0 Å². The molecule has 8 N–H and O–H groups in total. The summed E-state index contributed by atoms with van der Waals surface area (Å²) in [5, 5.41) is 42.0. The number of hydrogen-bond acceptors (Lipinski definition) is 8. The van der Waals surface area contributed by atoms with E-state index in [9.17, 15) is 34.5 Å². The molecule has 1 aliphatic rings. The van der Waals surface area contributed by atoms with Gasteiger partial charge in [0.25, 0.3) is 0 Å². The van der Waals surface area contributed by atoms with Crippen molar-refractivity contribution >= 4 is 23.7 Å². The predicted octanol–water partition coefficient (Wildman–Crippen LogP) is -2.71. The minimum atomic E-state index is -1.36. The van der Waals surface area contributed by atoms with Crippen LogP contribution in [0.15, 0.2) is 24.3 Å². The van der Waals surface area contributed by atoms with E-state index in [1.807, 2.05) is 0 Å². The van der Waals surface area contributed by atoms with Crippen LogP contribution in [-0.4, -0.2) is 92.9 Å². The highest BCUT2D eigenvalue weighted by atomic mass is 16.4. The number of carboxylic acids is 1. The van der Waals surface area contributed by atoms with Gasteiger partial charge < -0.3 is 41.7 Å². The minimum Gasteiger partial charge on any atom is -0.508 e. The number of benzene rings is 1. The highest BCUT2D eigenvalue weighted by molar-refractivity contribution is 5.94. The van der Waals surface area contributed by atoms with Crippen molar-refractivity contribution in [2.75, 3.05) is 19.8 Å². The number of nitrogens with two attached hydrogens (primary N) is 1. The summed E-state index contributed by atoms with van der Waals surface area (Å²) in [4.78, 5) is 50.3. The van der Waals surface area contributed by atoms with Crippen molar-refractivity contribution < 1.29 is 39.6 Å². The lowest BCUT2D eigenvalue weighted by molar-refractivity contribution is -0.145. The summed E-state index contributed by atoms with van der Waals surface area (Å²) in [5.41, 5.74) is 5.98. The van der Waals surface area contributed by atoms with Gasteiger partial charge in [0.05, 0.1) is 13.2 Å². The quantitative estimate of drug-likeness (QED) is 0.197. The summed E-state index contributed by atoms with van der Waals surface area (Å²) >= 11 is 0. The minimum absolute atomic E-state index is 0.0234. The zero-order chi connectivity index (χ0) is 23.8. The van der Waals surface area contributed by atoms with Crippen molar-refractivity contribution in [1.82, 2.24) is 15.5 Å². The molecule has 176 valence electrons. The van der Waals surface area contributed by atoms with Gasteiger partial charge in [0.2, 0.25) is 17.7 Å². The molecule has 2 rings (SSSR count). The monoisotopic (exact) mass is 452 g/mol. The molecule has 0 bridgehead atoms. The van der Waals surface area contributed by atoms with E-state index in [-0.39, 0.29) is 25.1 Å². The maximum Gasteiger partial charge on any atom is 0.326 e.